The Morgan fingerprint density at radius 2 is 2.33 bits per heavy atom. The zero-order chi connectivity index (χ0) is 8.27. The van der Waals surface area contributed by atoms with E-state index >= 15 is 0 Å². The second-order valence-corrected chi connectivity index (χ2v) is 3.33. The molecule has 4 heteroatoms. The lowest BCUT2D eigenvalue weighted by molar-refractivity contribution is 0.675. The van der Waals surface area contributed by atoms with Crippen LogP contribution in [0, 0.1) is 0 Å². The summed E-state index contributed by atoms with van der Waals surface area (Å²) in [5, 5.41) is 0. The maximum atomic E-state index is 5.78. The fourth-order valence-corrected chi connectivity index (χ4v) is 1.19. The highest BCUT2D eigenvalue weighted by Crippen LogP contribution is 2.15. The zero-order valence-electron chi connectivity index (χ0n) is 6.83. The van der Waals surface area contributed by atoms with Gasteiger partial charge in [-0.2, -0.15) is 0 Å². The molecule has 12 heavy (non-hydrogen) atoms. The average Bonchev–Trinajstić information content (AvgIpc) is 2.03. The molecular weight excluding hydrogens is 239 g/mol. The molecule has 0 bridgehead atoms. The van der Waals surface area contributed by atoms with E-state index in [1.165, 1.54) is 0 Å². The predicted octanol–water partition coefficient (Wildman–Crippen LogP) is 2.68. The molecule has 0 radical (unpaired) electrons. The Balaban J connectivity index is 0.00000121. The summed E-state index contributed by atoms with van der Waals surface area (Å²) >= 11 is 3.36. The summed E-state index contributed by atoms with van der Waals surface area (Å²) in [4.78, 5) is 4.16. The van der Waals surface area contributed by atoms with Gasteiger partial charge in [-0.05, 0) is 18.6 Å². The molecule has 1 heterocycles. The second-order valence-electron chi connectivity index (χ2n) is 2.41. The van der Waals surface area contributed by atoms with Crippen LogP contribution in [0.15, 0.2) is 22.8 Å². The highest BCUT2D eigenvalue weighted by molar-refractivity contribution is 9.10. The van der Waals surface area contributed by atoms with Crippen LogP contribution in [0.4, 0.5) is 0 Å². The molecule has 0 aliphatic heterocycles. The van der Waals surface area contributed by atoms with E-state index in [1.807, 2.05) is 19.1 Å². The second kappa shape index (κ2) is 5.51. The third kappa shape index (κ3) is 3.09. The summed E-state index contributed by atoms with van der Waals surface area (Å²) in [5.41, 5.74) is 6.73. The average molecular weight is 252 g/mol. The van der Waals surface area contributed by atoms with Gasteiger partial charge in [-0.15, -0.1) is 12.4 Å². The highest BCUT2D eigenvalue weighted by atomic mass is 79.9. The molecule has 1 aromatic heterocycles. The van der Waals surface area contributed by atoms with Crippen LogP contribution >= 0.6 is 28.3 Å². The molecule has 0 aliphatic carbocycles. The summed E-state index contributed by atoms with van der Waals surface area (Å²) < 4.78 is 1.03. The normalized spacial score (nSPS) is 11.9. The van der Waals surface area contributed by atoms with Crippen LogP contribution in [0.1, 0.15) is 25.1 Å². The summed E-state index contributed by atoms with van der Waals surface area (Å²) in [5.74, 6) is 0. The summed E-state index contributed by atoms with van der Waals surface area (Å²) in [6.07, 6.45) is 2.68. The lowest BCUT2D eigenvalue weighted by Gasteiger charge is -2.06. The van der Waals surface area contributed by atoms with Gasteiger partial charge < -0.3 is 5.73 Å². The van der Waals surface area contributed by atoms with Gasteiger partial charge in [0.15, 0.2) is 0 Å². The number of nitrogens with two attached hydrogens (primary N) is 1. The van der Waals surface area contributed by atoms with Gasteiger partial charge in [0, 0.05) is 16.7 Å². The first-order chi connectivity index (χ1) is 5.24. The third-order valence-electron chi connectivity index (χ3n) is 1.56. The van der Waals surface area contributed by atoms with Gasteiger partial charge in [-0.1, -0.05) is 22.9 Å². The van der Waals surface area contributed by atoms with Gasteiger partial charge in [0.2, 0.25) is 0 Å². The van der Waals surface area contributed by atoms with Crippen molar-refractivity contribution >= 4 is 28.3 Å². The fraction of sp³-hybridized carbons (Fsp3) is 0.375. The minimum absolute atomic E-state index is 0. The number of hydrogen-bond acceptors (Lipinski definition) is 2. The minimum atomic E-state index is 0. The first-order valence-electron chi connectivity index (χ1n) is 3.61. The van der Waals surface area contributed by atoms with Crippen LogP contribution < -0.4 is 5.73 Å². The SMILES string of the molecule is CC[C@H](N)c1cc(Br)ccn1.Cl. The van der Waals surface area contributed by atoms with Crippen LogP contribution in [0.25, 0.3) is 0 Å². The zero-order valence-corrected chi connectivity index (χ0v) is 9.23. The van der Waals surface area contributed by atoms with Crippen molar-refractivity contribution in [3.63, 3.8) is 0 Å². The fourth-order valence-electron chi connectivity index (χ4n) is 0.833. The Morgan fingerprint density at radius 3 is 2.83 bits per heavy atom. The Hall–Kier alpha value is -0.120. The molecule has 0 saturated heterocycles. The standard InChI is InChI=1S/C8H11BrN2.ClH/c1-2-7(10)8-5-6(9)3-4-11-8;/h3-5,7H,2,10H2,1H3;1H/t7-;/m0./s1. The molecule has 0 saturated carbocycles. The van der Waals surface area contributed by atoms with Crippen LogP contribution in [0.2, 0.25) is 0 Å². The third-order valence-corrected chi connectivity index (χ3v) is 2.06. The molecule has 0 aliphatic rings. The summed E-state index contributed by atoms with van der Waals surface area (Å²) in [7, 11) is 0. The van der Waals surface area contributed by atoms with Crippen LogP contribution in [-0.2, 0) is 0 Å². The van der Waals surface area contributed by atoms with E-state index in [4.69, 9.17) is 5.73 Å². The van der Waals surface area contributed by atoms with Gasteiger partial charge in [0.1, 0.15) is 0 Å². The van der Waals surface area contributed by atoms with Gasteiger partial charge >= 0.3 is 0 Å². The topological polar surface area (TPSA) is 38.9 Å². The number of halogens is 2. The molecule has 1 aromatic rings. The predicted molar refractivity (Wildman–Crippen MR) is 56.4 cm³/mol. The molecule has 2 N–H and O–H groups in total. The highest BCUT2D eigenvalue weighted by Gasteiger charge is 2.03. The van der Waals surface area contributed by atoms with Crippen molar-refractivity contribution in [3.8, 4) is 0 Å². The van der Waals surface area contributed by atoms with E-state index in [1.54, 1.807) is 6.20 Å². The van der Waals surface area contributed by atoms with Crippen molar-refractivity contribution in [1.29, 1.82) is 0 Å². The molecule has 0 unspecified atom stereocenters. The summed E-state index contributed by atoms with van der Waals surface area (Å²) in [6.45, 7) is 2.05. The Bertz CT molecular complexity index is 242. The van der Waals surface area contributed by atoms with E-state index in [-0.39, 0.29) is 18.4 Å². The van der Waals surface area contributed by atoms with Crippen molar-refractivity contribution < 1.29 is 0 Å². The van der Waals surface area contributed by atoms with Crippen LogP contribution in [0.5, 0.6) is 0 Å². The van der Waals surface area contributed by atoms with Gasteiger partial charge in [0.05, 0.1) is 5.69 Å². The first kappa shape index (κ1) is 11.9. The summed E-state index contributed by atoms with van der Waals surface area (Å²) in [6, 6.07) is 3.91. The lowest BCUT2D eigenvalue weighted by atomic mass is 10.1. The molecule has 1 atom stereocenters. The maximum Gasteiger partial charge on any atom is 0.0582 e. The molecule has 0 aromatic carbocycles. The van der Waals surface area contributed by atoms with E-state index in [0.29, 0.717) is 0 Å². The number of rotatable bonds is 2. The van der Waals surface area contributed by atoms with E-state index < -0.39 is 0 Å². The Morgan fingerprint density at radius 1 is 1.67 bits per heavy atom. The van der Waals surface area contributed by atoms with Crippen LogP contribution in [-0.4, -0.2) is 4.98 Å². The van der Waals surface area contributed by atoms with Gasteiger partial charge in [-0.25, -0.2) is 0 Å². The Kier molecular flexibility index (Phi) is 5.46. The number of aromatic nitrogens is 1. The first-order valence-corrected chi connectivity index (χ1v) is 4.40. The monoisotopic (exact) mass is 250 g/mol. The quantitative estimate of drug-likeness (QED) is 0.878. The van der Waals surface area contributed by atoms with Crippen molar-refractivity contribution in [2.24, 2.45) is 5.73 Å². The lowest BCUT2D eigenvalue weighted by Crippen LogP contribution is -2.10. The van der Waals surface area contributed by atoms with Crippen molar-refractivity contribution in [3.05, 3.63) is 28.5 Å². The molecule has 0 spiro atoms. The number of nitrogens with zero attached hydrogens (tertiary/aromatic N) is 1. The van der Waals surface area contributed by atoms with Crippen molar-refractivity contribution in [1.82, 2.24) is 4.98 Å². The molecule has 0 amide bonds. The number of pyridine rings is 1. The largest absolute Gasteiger partial charge is 0.323 e. The van der Waals surface area contributed by atoms with E-state index in [2.05, 4.69) is 20.9 Å². The molecule has 1 rings (SSSR count). The smallest absolute Gasteiger partial charge is 0.0582 e. The minimum Gasteiger partial charge on any atom is -0.323 e. The van der Waals surface area contributed by atoms with E-state index in [9.17, 15) is 0 Å². The van der Waals surface area contributed by atoms with Crippen LogP contribution in [0.3, 0.4) is 0 Å². The van der Waals surface area contributed by atoms with Crippen molar-refractivity contribution in [2.75, 3.05) is 0 Å². The molecule has 68 valence electrons. The van der Waals surface area contributed by atoms with Gasteiger partial charge in [0.25, 0.3) is 0 Å². The molecule has 2 nitrogen and oxygen atoms in total. The van der Waals surface area contributed by atoms with Gasteiger partial charge in [-0.3, -0.25) is 4.98 Å². The molecular formula is C8H12BrClN2. The Labute approximate surface area is 87.1 Å². The molecule has 0 fully saturated rings. The van der Waals surface area contributed by atoms with Crippen molar-refractivity contribution in [2.45, 2.75) is 19.4 Å². The van der Waals surface area contributed by atoms with E-state index in [0.717, 1.165) is 16.6 Å². The number of hydrogen-bond donors (Lipinski definition) is 1. The maximum absolute atomic E-state index is 5.78.